The molecule has 0 radical (unpaired) electrons. The molecule has 0 amide bonds. The fraction of sp³-hybridized carbons (Fsp3) is 0.208. The Morgan fingerprint density at radius 2 is 1.57 bits per heavy atom. The van der Waals surface area contributed by atoms with Crippen LogP contribution in [0.5, 0.6) is 0 Å². The van der Waals surface area contributed by atoms with E-state index in [1.165, 1.54) is 6.08 Å². The van der Waals surface area contributed by atoms with Crippen molar-refractivity contribution >= 4 is 5.97 Å². The van der Waals surface area contributed by atoms with Crippen molar-refractivity contribution in [1.29, 1.82) is 0 Å². The first-order valence-electron chi connectivity index (χ1n) is 9.60. The van der Waals surface area contributed by atoms with E-state index in [-0.39, 0.29) is 0 Å². The molecule has 4 heteroatoms. The maximum Gasteiger partial charge on any atom is 0.327 e. The lowest BCUT2D eigenvalue weighted by Gasteiger charge is -2.11. The number of benzene rings is 2. The number of hydrogen-bond donors (Lipinski definition) is 1. The smallest absolute Gasteiger partial charge is 0.327 e. The highest BCUT2D eigenvalue weighted by molar-refractivity contribution is 5.80. The third-order valence-electron chi connectivity index (χ3n) is 4.50. The number of hydrogen-bond acceptors (Lipinski definition) is 3. The molecule has 0 saturated carbocycles. The van der Waals surface area contributed by atoms with Crippen LogP contribution in [0.3, 0.4) is 0 Å². The zero-order valence-corrected chi connectivity index (χ0v) is 15.8. The summed E-state index contributed by atoms with van der Waals surface area (Å²) in [4.78, 5) is 19.9. The van der Waals surface area contributed by atoms with E-state index in [0.29, 0.717) is 0 Å². The zero-order valence-electron chi connectivity index (χ0n) is 15.8. The van der Waals surface area contributed by atoms with Gasteiger partial charge in [-0.05, 0) is 24.8 Å². The molecule has 142 valence electrons. The van der Waals surface area contributed by atoms with Crippen molar-refractivity contribution in [3.05, 3.63) is 84.8 Å². The van der Waals surface area contributed by atoms with Gasteiger partial charge in [-0.25, -0.2) is 14.8 Å². The number of allylic oxidation sites excluding steroid dienone is 1. The van der Waals surface area contributed by atoms with E-state index < -0.39 is 5.97 Å². The molecule has 4 nitrogen and oxygen atoms in total. The van der Waals surface area contributed by atoms with Crippen molar-refractivity contribution in [2.45, 2.75) is 32.1 Å². The van der Waals surface area contributed by atoms with Crippen LogP contribution in [-0.2, 0) is 11.2 Å². The molecule has 28 heavy (non-hydrogen) atoms. The van der Waals surface area contributed by atoms with Gasteiger partial charge in [0.2, 0.25) is 0 Å². The summed E-state index contributed by atoms with van der Waals surface area (Å²) in [6.45, 7) is 0. The molecule has 2 aromatic carbocycles. The second-order valence-electron chi connectivity index (χ2n) is 6.62. The Kier molecular flexibility index (Phi) is 7.08. The maximum absolute atomic E-state index is 10.4. The molecule has 3 aromatic rings. The number of aryl methyl sites for hydroxylation is 1. The van der Waals surface area contributed by atoms with Gasteiger partial charge >= 0.3 is 5.97 Å². The summed E-state index contributed by atoms with van der Waals surface area (Å²) in [6.07, 6.45) is 9.42. The highest BCUT2D eigenvalue weighted by atomic mass is 16.4. The quantitative estimate of drug-likeness (QED) is 0.395. The number of unbranched alkanes of at least 4 members (excludes halogenated alkanes) is 3. The Morgan fingerprint density at radius 3 is 2.25 bits per heavy atom. The van der Waals surface area contributed by atoms with Gasteiger partial charge in [0, 0.05) is 29.8 Å². The summed E-state index contributed by atoms with van der Waals surface area (Å²) >= 11 is 0. The molecule has 0 bridgehead atoms. The second kappa shape index (κ2) is 10.2. The first-order valence-corrected chi connectivity index (χ1v) is 9.60. The molecular weight excluding hydrogens is 348 g/mol. The van der Waals surface area contributed by atoms with Gasteiger partial charge in [0.25, 0.3) is 0 Å². The normalized spacial score (nSPS) is 11.0. The Morgan fingerprint density at radius 1 is 0.893 bits per heavy atom. The lowest BCUT2D eigenvalue weighted by molar-refractivity contribution is -0.131. The fourth-order valence-electron chi connectivity index (χ4n) is 3.09. The Balaban J connectivity index is 1.71. The minimum Gasteiger partial charge on any atom is -0.478 e. The zero-order chi connectivity index (χ0) is 19.6. The minimum atomic E-state index is -0.889. The molecule has 1 N–H and O–H groups in total. The van der Waals surface area contributed by atoms with E-state index in [1.807, 2.05) is 42.6 Å². The van der Waals surface area contributed by atoms with E-state index in [0.717, 1.165) is 60.3 Å². The third kappa shape index (κ3) is 5.61. The van der Waals surface area contributed by atoms with Gasteiger partial charge in [0.05, 0.1) is 5.69 Å². The SMILES string of the molecule is O=C(O)/C=C/CCCCCc1ncc(-c2ccccc2)c(-c2ccccc2)n1. The number of carboxylic acids is 1. The number of aromatic nitrogens is 2. The van der Waals surface area contributed by atoms with Crippen molar-refractivity contribution in [2.75, 3.05) is 0 Å². The molecule has 0 unspecified atom stereocenters. The lowest BCUT2D eigenvalue weighted by atomic mass is 10.0. The highest BCUT2D eigenvalue weighted by Gasteiger charge is 2.11. The number of carbonyl (C=O) groups is 1. The summed E-state index contributed by atoms with van der Waals surface area (Å²) in [5, 5.41) is 8.59. The monoisotopic (exact) mass is 372 g/mol. The average Bonchev–Trinajstić information content (AvgIpc) is 2.74. The summed E-state index contributed by atoms with van der Waals surface area (Å²) in [6, 6.07) is 20.4. The largest absolute Gasteiger partial charge is 0.478 e. The molecular formula is C24H24N2O2. The summed E-state index contributed by atoms with van der Waals surface area (Å²) < 4.78 is 0. The predicted molar refractivity (Wildman–Crippen MR) is 112 cm³/mol. The summed E-state index contributed by atoms with van der Waals surface area (Å²) in [5.74, 6) is -0.0417. The average molecular weight is 372 g/mol. The Bertz CT molecular complexity index is 922. The summed E-state index contributed by atoms with van der Waals surface area (Å²) in [5.41, 5.74) is 4.19. The van der Waals surface area contributed by atoms with Crippen LogP contribution in [0.2, 0.25) is 0 Å². The Labute approximate surface area is 165 Å². The Hall–Kier alpha value is -3.27. The van der Waals surface area contributed by atoms with Crippen molar-refractivity contribution in [3.63, 3.8) is 0 Å². The van der Waals surface area contributed by atoms with Crippen LogP contribution in [0.4, 0.5) is 0 Å². The number of rotatable bonds is 9. The minimum absolute atomic E-state index is 0.787. The molecule has 0 saturated heterocycles. The number of nitrogens with zero attached hydrogens (tertiary/aromatic N) is 2. The van der Waals surface area contributed by atoms with Crippen LogP contribution in [-0.4, -0.2) is 21.0 Å². The van der Waals surface area contributed by atoms with Gasteiger partial charge in [-0.1, -0.05) is 73.2 Å². The van der Waals surface area contributed by atoms with E-state index in [4.69, 9.17) is 10.1 Å². The molecule has 0 spiro atoms. The van der Waals surface area contributed by atoms with Crippen LogP contribution in [0.25, 0.3) is 22.4 Å². The predicted octanol–water partition coefficient (Wildman–Crippen LogP) is 5.55. The van der Waals surface area contributed by atoms with E-state index in [9.17, 15) is 4.79 Å². The van der Waals surface area contributed by atoms with Crippen molar-refractivity contribution in [3.8, 4) is 22.4 Å². The van der Waals surface area contributed by atoms with Crippen LogP contribution in [0.15, 0.2) is 79.0 Å². The fourth-order valence-corrected chi connectivity index (χ4v) is 3.09. The van der Waals surface area contributed by atoms with Crippen molar-refractivity contribution in [1.82, 2.24) is 9.97 Å². The van der Waals surface area contributed by atoms with Crippen molar-refractivity contribution in [2.24, 2.45) is 0 Å². The lowest BCUT2D eigenvalue weighted by Crippen LogP contribution is -1.99. The van der Waals surface area contributed by atoms with Crippen LogP contribution in [0.1, 0.15) is 31.5 Å². The second-order valence-corrected chi connectivity index (χ2v) is 6.62. The molecule has 1 heterocycles. The molecule has 0 aliphatic rings. The van der Waals surface area contributed by atoms with Gasteiger partial charge in [-0.15, -0.1) is 0 Å². The molecule has 0 fully saturated rings. The summed E-state index contributed by atoms with van der Waals surface area (Å²) in [7, 11) is 0. The molecule has 1 aromatic heterocycles. The standard InChI is InChI=1S/C24H24N2O2/c27-23(28)17-11-3-1-2-10-16-22-25-18-21(19-12-6-4-7-13-19)24(26-22)20-14-8-5-9-15-20/h4-9,11-15,17-18H,1-3,10,16H2,(H,27,28)/b17-11+. The highest BCUT2D eigenvalue weighted by Crippen LogP contribution is 2.30. The maximum atomic E-state index is 10.4. The van der Waals surface area contributed by atoms with E-state index in [1.54, 1.807) is 6.08 Å². The van der Waals surface area contributed by atoms with Crippen LogP contribution >= 0.6 is 0 Å². The van der Waals surface area contributed by atoms with E-state index >= 15 is 0 Å². The topological polar surface area (TPSA) is 63.1 Å². The van der Waals surface area contributed by atoms with Crippen LogP contribution in [0, 0.1) is 0 Å². The van der Waals surface area contributed by atoms with E-state index in [2.05, 4.69) is 29.2 Å². The van der Waals surface area contributed by atoms with Crippen LogP contribution < -0.4 is 0 Å². The van der Waals surface area contributed by atoms with Gasteiger partial charge in [-0.3, -0.25) is 0 Å². The molecule has 3 rings (SSSR count). The van der Waals surface area contributed by atoms with Crippen molar-refractivity contribution < 1.29 is 9.90 Å². The van der Waals surface area contributed by atoms with Gasteiger partial charge in [0.15, 0.2) is 0 Å². The van der Waals surface area contributed by atoms with Gasteiger partial charge in [0.1, 0.15) is 5.82 Å². The molecule has 0 atom stereocenters. The first-order chi connectivity index (χ1) is 13.7. The van der Waals surface area contributed by atoms with Gasteiger partial charge < -0.3 is 5.11 Å². The number of aliphatic carboxylic acids is 1. The number of carboxylic acid groups (broad SMARTS) is 1. The first kappa shape index (κ1) is 19.5. The third-order valence-corrected chi connectivity index (χ3v) is 4.50. The van der Waals surface area contributed by atoms with Gasteiger partial charge in [-0.2, -0.15) is 0 Å². The molecule has 0 aliphatic carbocycles. The molecule has 0 aliphatic heterocycles.